The third-order valence-corrected chi connectivity index (χ3v) is 3.38. The molecule has 21 heavy (non-hydrogen) atoms. The number of aliphatic hydroxyl groups excluding tert-OH is 3. The van der Waals surface area contributed by atoms with Gasteiger partial charge in [-0.2, -0.15) is 5.26 Å². The number of imidazole rings is 1. The van der Waals surface area contributed by atoms with Crippen molar-refractivity contribution in [1.82, 2.24) is 19.5 Å². The van der Waals surface area contributed by atoms with Crippen molar-refractivity contribution in [2.24, 2.45) is 0 Å². The maximum atomic E-state index is 10.1. The molecule has 1 aliphatic rings. The normalized spacial score (nSPS) is 30.4. The lowest BCUT2D eigenvalue weighted by Gasteiger charge is -2.16. The van der Waals surface area contributed by atoms with Gasteiger partial charge in [0.25, 0.3) is 0 Å². The van der Waals surface area contributed by atoms with E-state index >= 15 is 0 Å². The van der Waals surface area contributed by atoms with Gasteiger partial charge in [-0.25, -0.2) is 15.0 Å². The number of aromatic nitrogens is 4. The Kier molecular flexibility index (Phi) is 3.19. The number of hydrogen-bond donors (Lipinski definition) is 4. The molecule has 0 radical (unpaired) electrons. The molecular formula is C11H12N6O4. The van der Waals surface area contributed by atoms with E-state index in [1.54, 1.807) is 6.07 Å². The minimum atomic E-state index is -1.56. The third kappa shape index (κ3) is 1.99. The summed E-state index contributed by atoms with van der Waals surface area (Å²) in [5.74, 6) is 0.167. The Hall–Kier alpha value is -2.32. The Morgan fingerprint density at radius 3 is 2.81 bits per heavy atom. The van der Waals surface area contributed by atoms with Gasteiger partial charge in [0.15, 0.2) is 23.8 Å². The van der Waals surface area contributed by atoms with Crippen LogP contribution in [0.5, 0.6) is 0 Å². The quantitative estimate of drug-likeness (QED) is 0.454. The number of anilines is 1. The van der Waals surface area contributed by atoms with Crippen molar-refractivity contribution in [1.29, 1.82) is 5.26 Å². The lowest BCUT2D eigenvalue weighted by atomic mass is 10.1. The van der Waals surface area contributed by atoms with Gasteiger partial charge in [-0.3, -0.25) is 4.57 Å². The predicted molar refractivity (Wildman–Crippen MR) is 67.3 cm³/mol. The van der Waals surface area contributed by atoms with Crippen LogP contribution in [0.4, 0.5) is 5.82 Å². The molecule has 1 unspecified atom stereocenters. The van der Waals surface area contributed by atoms with E-state index in [1.165, 1.54) is 17.2 Å². The maximum Gasteiger partial charge on any atom is 0.169 e. The summed E-state index contributed by atoms with van der Waals surface area (Å²) >= 11 is 0. The van der Waals surface area contributed by atoms with Gasteiger partial charge in [-0.05, 0) is 0 Å². The summed E-state index contributed by atoms with van der Waals surface area (Å²) in [6, 6.07) is 1.56. The molecule has 0 aromatic carbocycles. The predicted octanol–water partition coefficient (Wildman–Crippen LogP) is -2.09. The second-order valence-corrected chi connectivity index (χ2v) is 4.63. The summed E-state index contributed by atoms with van der Waals surface area (Å²) in [6.07, 6.45) is -4.05. The number of ether oxygens (including phenoxy) is 1. The summed E-state index contributed by atoms with van der Waals surface area (Å²) in [5, 5.41) is 38.1. The van der Waals surface area contributed by atoms with Crippen molar-refractivity contribution in [3.05, 3.63) is 12.7 Å². The molecule has 0 bridgehead atoms. The highest BCUT2D eigenvalue weighted by Gasteiger charge is 2.47. The van der Waals surface area contributed by atoms with Crippen molar-refractivity contribution in [2.45, 2.75) is 30.6 Å². The van der Waals surface area contributed by atoms with E-state index in [0.29, 0.717) is 11.2 Å². The second kappa shape index (κ2) is 4.90. The molecule has 5 N–H and O–H groups in total. The van der Waals surface area contributed by atoms with E-state index in [1.807, 2.05) is 0 Å². The van der Waals surface area contributed by atoms with E-state index in [4.69, 9.17) is 15.7 Å². The van der Waals surface area contributed by atoms with Crippen LogP contribution in [-0.2, 0) is 4.74 Å². The van der Waals surface area contributed by atoms with Gasteiger partial charge in [-0.1, -0.05) is 0 Å². The Balaban J connectivity index is 2.00. The van der Waals surface area contributed by atoms with Gasteiger partial charge >= 0.3 is 0 Å². The maximum absolute atomic E-state index is 10.1. The average molecular weight is 292 g/mol. The molecule has 5 atom stereocenters. The van der Waals surface area contributed by atoms with E-state index in [2.05, 4.69) is 15.0 Å². The van der Waals surface area contributed by atoms with Crippen LogP contribution in [0.3, 0.4) is 0 Å². The molecule has 3 rings (SSSR count). The molecular weight excluding hydrogens is 280 g/mol. The summed E-state index contributed by atoms with van der Waals surface area (Å²) in [4.78, 5) is 11.8. The topological polar surface area (TPSA) is 163 Å². The first-order valence-electron chi connectivity index (χ1n) is 6.07. The van der Waals surface area contributed by atoms with Crippen molar-refractivity contribution in [3.63, 3.8) is 0 Å². The van der Waals surface area contributed by atoms with E-state index in [0.717, 1.165) is 0 Å². The third-order valence-electron chi connectivity index (χ3n) is 3.38. The standard InChI is InChI=1S/C11H12N6O4/c12-1-4(18)8-6(19)7(20)11(21-8)17-3-16-5-9(13)14-2-15-10(5)17/h2-4,6-8,11,18-20H,(H2,13,14,15)/t4?,6-,7+,8+,11+/m0/s1. The van der Waals surface area contributed by atoms with Crippen LogP contribution < -0.4 is 5.73 Å². The molecule has 2 aromatic heterocycles. The number of aliphatic hydroxyl groups is 3. The fourth-order valence-corrected chi connectivity index (χ4v) is 2.31. The van der Waals surface area contributed by atoms with E-state index in [-0.39, 0.29) is 5.82 Å². The molecule has 0 saturated carbocycles. The van der Waals surface area contributed by atoms with Crippen molar-refractivity contribution in [2.75, 3.05) is 5.73 Å². The highest BCUT2D eigenvalue weighted by Crippen LogP contribution is 2.33. The summed E-state index contributed by atoms with van der Waals surface area (Å²) in [7, 11) is 0. The minimum absolute atomic E-state index is 0.167. The Morgan fingerprint density at radius 1 is 1.33 bits per heavy atom. The zero-order valence-corrected chi connectivity index (χ0v) is 10.6. The molecule has 1 fully saturated rings. The van der Waals surface area contributed by atoms with E-state index < -0.39 is 30.6 Å². The molecule has 1 saturated heterocycles. The van der Waals surface area contributed by atoms with Crippen molar-refractivity contribution in [3.8, 4) is 6.07 Å². The van der Waals surface area contributed by atoms with Crippen LogP contribution in [0.15, 0.2) is 12.7 Å². The smallest absolute Gasteiger partial charge is 0.169 e. The number of nitrogens with two attached hydrogens (primary N) is 1. The summed E-state index contributed by atoms with van der Waals surface area (Å²) in [5.41, 5.74) is 6.30. The van der Waals surface area contributed by atoms with Gasteiger partial charge in [0.05, 0.1) is 12.4 Å². The first-order valence-corrected chi connectivity index (χ1v) is 6.07. The molecule has 3 heterocycles. The van der Waals surface area contributed by atoms with Crippen LogP contribution >= 0.6 is 0 Å². The van der Waals surface area contributed by atoms with Gasteiger partial charge in [-0.15, -0.1) is 0 Å². The monoisotopic (exact) mass is 292 g/mol. The molecule has 0 amide bonds. The average Bonchev–Trinajstić information content (AvgIpc) is 3.02. The second-order valence-electron chi connectivity index (χ2n) is 4.63. The zero-order valence-electron chi connectivity index (χ0n) is 10.6. The molecule has 10 nitrogen and oxygen atoms in total. The number of rotatable bonds is 2. The highest BCUT2D eigenvalue weighted by atomic mass is 16.6. The number of nitrogens with zero attached hydrogens (tertiary/aromatic N) is 5. The van der Waals surface area contributed by atoms with Crippen molar-refractivity contribution >= 4 is 17.0 Å². The van der Waals surface area contributed by atoms with Crippen LogP contribution in [0.1, 0.15) is 6.23 Å². The molecule has 0 aliphatic carbocycles. The van der Waals surface area contributed by atoms with Gasteiger partial charge in [0.2, 0.25) is 0 Å². The SMILES string of the molecule is N#CC(O)[C@H]1O[C@@H](n2cnc3c(N)ncnc32)[C@H](O)[C@@H]1O. The first-order chi connectivity index (χ1) is 10.0. The number of hydrogen-bond acceptors (Lipinski definition) is 9. The van der Waals surface area contributed by atoms with Crippen LogP contribution in [0.25, 0.3) is 11.2 Å². The fourth-order valence-electron chi connectivity index (χ4n) is 2.31. The lowest BCUT2D eigenvalue weighted by Crippen LogP contribution is -2.37. The fraction of sp³-hybridized carbons (Fsp3) is 0.455. The largest absolute Gasteiger partial charge is 0.387 e. The van der Waals surface area contributed by atoms with Gasteiger partial charge in [0.1, 0.15) is 30.2 Å². The highest BCUT2D eigenvalue weighted by molar-refractivity contribution is 5.81. The minimum Gasteiger partial charge on any atom is -0.387 e. The lowest BCUT2D eigenvalue weighted by molar-refractivity contribution is -0.0678. The zero-order chi connectivity index (χ0) is 15.1. The van der Waals surface area contributed by atoms with Gasteiger partial charge in [0, 0.05) is 0 Å². The van der Waals surface area contributed by atoms with Crippen LogP contribution in [0, 0.1) is 11.3 Å². The Labute approximate surface area is 118 Å². The molecule has 110 valence electrons. The van der Waals surface area contributed by atoms with Crippen LogP contribution in [0.2, 0.25) is 0 Å². The Bertz CT molecular complexity index is 712. The molecule has 1 aliphatic heterocycles. The number of nitrogen functional groups attached to an aromatic ring is 1. The Morgan fingerprint density at radius 2 is 2.10 bits per heavy atom. The van der Waals surface area contributed by atoms with E-state index in [9.17, 15) is 15.3 Å². The summed E-state index contributed by atoms with van der Waals surface area (Å²) in [6.45, 7) is 0. The molecule has 2 aromatic rings. The number of nitriles is 1. The number of fused-ring (bicyclic) bond motifs is 1. The van der Waals surface area contributed by atoms with Crippen molar-refractivity contribution < 1.29 is 20.1 Å². The molecule has 0 spiro atoms. The summed E-state index contributed by atoms with van der Waals surface area (Å²) < 4.78 is 6.75. The first kappa shape index (κ1) is 13.7. The molecule has 10 heteroatoms. The van der Waals surface area contributed by atoms with Crippen LogP contribution in [-0.4, -0.2) is 59.3 Å². The van der Waals surface area contributed by atoms with Gasteiger partial charge < -0.3 is 25.8 Å².